The molecule has 2 N–H and O–H groups in total. The van der Waals surface area contributed by atoms with Crippen LogP contribution < -0.4 is 5.32 Å². The van der Waals surface area contributed by atoms with Gasteiger partial charge in [0, 0.05) is 6.42 Å². The molecule has 8 heteroatoms. The van der Waals surface area contributed by atoms with Crippen molar-refractivity contribution >= 4 is 51.8 Å². The number of carboxylic acid groups (broad SMARTS) is 1. The Morgan fingerprint density at radius 3 is 2.96 bits per heavy atom. The van der Waals surface area contributed by atoms with Crippen LogP contribution in [0.3, 0.4) is 0 Å². The fraction of sp³-hybridized carbons (Fsp3) is 0.133. The van der Waals surface area contributed by atoms with Crippen molar-refractivity contribution in [3.8, 4) is 0 Å². The van der Waals surface area contributed by atoms with E-state index in [0.29, 0.717) is 21.4 Å². The highest BCUT2D eigenvalue weighted by molar-refractivity contribution is 8.26. The van der Waals surface area contributed by atoms with Crippen LogP contribution in [0.1, 0.15) is 28.4 Å². The zero-order valence-corrected chi connectivity index (χ0v) is 13.9. The van der Waals surface area contributed by atoms with E-state index in [-0.39, 0.29) is 22.6 Å². The molecule has 0 aromatic heterocycles. The number of amides is 1. The van der Waals surface area contributed by atoms with Crippen molar-refractivity contribution in [3.05, 3.63) is 57.2 Å². The lowest BCUT2D eigenvalue weighted by molar-refractivity contribution is -0.115. The van der Waals surface area contributed by atoms with Gasteiger partial charge in [-0.05, 0) is 29.8 Å². The second-order valence-corrected chi connectivity index (χ2v) is 6.97. The van der Waals surface area contributed by atoms with Crippen LogP contribution in [0.4, 0.5) is 0 Å². The lowest BCUT2D eigenvalue weighted by Gasteiger charge is -2.13. The van der Waals surface area contributed by atoms with Gasteiger partial charge in [0.2, 0.25) is 0 Å². The number of rotatable bonds is 3. The van der Waals surface area contributed by atoms with E-state index in [1.807, 2.05) is 6.08 Å². The zero-order valence-electron chi connectivity index (χ0n) is 11.5. The molecule has 1 amide bonds. The Morgan fingerprint density at radius 2 is 2.30 bits per heavy atom. The first-order valence-corrected chi connectivity index (χ1v) is 8.18. The van der Waals surface area contributed by atoms with E-state index < -0.39 is 5.97 Å². The molecule has 3 rings (SSSR count). The number of nitrogens with one attached hydrogen (secondary N) is 1. The van der Waals surface area contributed by atoms with Gasteiger partial charge in [-0.3, -0.25) is 4.79 Å². The third-order valence-electron chi connectivity index (χ3n) is 3.32. The van der Waals surface area contributed by atoms with Crippen LogP contribution in [0.25, 0.3) is 0 Å². The lowest BCUT2D eigenvalue weighted by atomic mass is 10.0. The molecule has 1 saturated heterocycles. The number of halogens is 1. The first-order valence-electron chi connectivity index (χ1n) is 6.58. The molecular weight excluding hydrogens is 358 g/mol. The molecule has 1 aromatic carbocycles. The minimum Gasteiger partial charge on any atom is -0.486 e. The molecule has 2 heterocycles. The second-order valence-electron chi connectivity index (χ2n) is 4.85. The van der Waals surface area contributed by atoms with Gasteiger partial charge in [0.05, 0.1) is 15.5 Å². The van der Waals surface area contributed by atoms with Crippen molar-refractivity contribution in [2.24, 2.45) is 0 Å². The third kappa shape index (κ3) is 3.41. The van der Waals surface area contributed by atoms with E-state index >= 15 is 0 Å². The highest BCUT2D eigenvalue weighted by Crippen LogP contribution is 2.35. The fourth-order valence-corrected chi connectivity index (χ4v) is 3.46. The molecule has 5 nitrogen and oxygen atoms in total. The number of carbonyl (C=O) groups is 2. The number of hydrogen-bond donors (Lipinski definition) is 2. The molecule has 1 aromatic rings. The van der Waals surface area contributed by atoms with Crippen molar-refractivity contribution in [2.45, 2.75) is 12.5 Å². The summed E-state index contributed by atoms with van der Waals surface area (Å²) in [6, 6.07) is 4.78. The van der Waals surface area contributed by atoms with Gasteiger partial charge in [-0.1, -0.05) is 41.6 Å². The minimum absolute atomic E-state index is 0.0376. The predicted molar refractivity (Wildman–Crippen MR) is 91.4 cm³/mol. The Hall–Kier alpha value is -1.83. The van der Waals surface area contributed by atoms with Crippen LogP contribution in [-0.4, -0.2) is 21.3 Å². The molecule has 0 spiro atoms. The van der Waals surface area contributed by atoms with Crippen LogP contribution in [0.2, 0.25) is 5.02 Å². The van der Waals surface area contributed by atoms with Crippen LogP contribution in [0.5, 0.6) is 0 Å². The number of hydrogen-bond acceptors (Lipinski definition) is 5. The van der Waals surface area contributed by atoms with Gasteiger partial charge < -0.3 is 15.2 Å². The summed E-state index contributed by atoms with van der Waals surface area (Å²) in [4.78, 5) is 23.2. The van der Waals surface area contributed by atoms with Crippen molar-refractivity contribution < 1.29 is 19.4 Å². The smallest absolute Gasteiger partial charge is 0.337 e. The molecule has 1 atom stereocenters. The maximum absolute atomic E-state index is 11.6. The summed E-state index contributed by atoms with van der Waals surface area (Å²) in [6.45, 7) is 0. The van der Waals surface area contributed by atoms with Crippen molar-refractivity contribution in [1.82, 2.24) is 5.32 Å². The van der Waals surface area contributed by atoms with E-state index in [4.69, 9.17) is 33.7 Å². The first kappa shape index (κ1) is 16.0. The first-order chi connectivity index (χ1) is 10.9. The second kappa shape index (κ2) is 6.35. The third-order valence-corrected chi connectivity index (χ3v) is 4.81. The topological polar surface area (TPSA) is 75.6 Å². The standard InChI is InChI=1S/C15H10ClNO4S2/c16-10-3-1-7(5-9(10)14(19)20)11-4-2-8(21-11)6-12-13(18)17-15(22)23-12/h1-3,5-6,11H,4H2,(H,19,20)(H,17,18,22)/b12-6-. The van der Waals surface area contributed by atoms with Crippen molar-refractivity contribution in [2.75, 3.05) is 0 Å². The number of carbonyl (C=O) groups excluding carboxylic acids is 1. The number of aromatic carboxylic acids is 1. The molecule has 0 radical (unpaired) electrons. The van der Waals surface area contributed by atoms with Gasteiger partial charge in [-0.2, -0.15) is 0 Å². The maximum Gasteiger partial charge on any atom is 0.337 e. The largest absolute Gasteiger partial charge is 0.486 e. The Balaban J connectivity index is 1.76. The van der Waals surface area contributed by atoms with E-state index in [0.717, 1.165) is 5.56 Å². The average molecular weight is 368 g/mol. The number of thioether (sulfide) groups is 1. The van der Waals surface area contributed by atoms with Crippen LogP contribution in [0, 0.1) is 0 Å². The van der Waals surface area contributed by atoms with E-state index in [1.54, 1.807) is 18.2 Å². The van der Waals surface area contributed by atoms with E-state index in [9.17, 15) is 9.59 Å². The molecule has 118 valence electrons. The molecule has 1 unspecified atom stereocenters. The van der Waals surface area contributed by atoms with Gasteiger partial charge in [0.15, 0.2) is 0 Å². The molecule has 23 heavy (non-hydrogen) atoms. The summed E-state index contributed by atoms with van der Waals surface area (Å²) in [7, 11) is 0. The predicted octanol–water partition coefficient (Wildman–Crippen LogP) is 3.42. The van der Waals surface area contributed by atoms with Gasteiger partial charge in [0.25, 0.3) is 5.91 Å². The summed E-state index contributed by atoms with van der Waals surface area (Å²) in [5, 5.41) is 11.8. The van der Waals surface area contributed by atoms with Gasteiger partial charge in [0.1, 0.15) is 16.2 Å². The molecular formula is C15H10ClNO4S2. The molecule has 0 saturated carbocycles. The number of thiocarbonyl (C=S) groups is 1. The number of ether oxygens (including phenoxy) is 1. The SMILES string of the molecule is O=C1NC(=S)S/C1=C\C1=CCC(c2ccc(Cl)c(C(=O)O)c2)O1. The summed E-state index contributed by atoms with van der Waals surface area (Å²) in [5.74, 6) is -0.769. The Morgan fingerprint density at radius 1 is 1.52 bits per heavy atom. The number of benzene rings is 1. The molecule has 2 aliphatic heterocycles. The molecule has 1 fully saturated rings. The van der Waals surface area contributed by atoms with Crippen LogP contribution in [-0.2, 0) is 9.53 Å². The van der Waals surface area contributed by atoms with Crippen molar-refractivity contribution in [3.63, 3.8) is 0 Å². The Bertz CT molecular complexity index is 788. The summed E-state index contributed by atoms with van der Waals surface area (Å²) in [6.07, 6.45) is 3.75. The van der Waals surface area contributed by atoms with Crippen LogP contribution in [0.15, 0.2) is 41.0 Å². The zero-order chi connectivity index (χ0) is 16.6. The summed E-state index contributed by atoms with van der Waals surface area (Å²) >= 11 is 12.0. The summed E-state index contributed by atoms with van der Waals surface area (Å²) in [5.41, 5.74) is 0.756. The van der Waals surface area contributed by atoms with Crippen molar-refractivity contribution in [1.29, 1.82) is 0 Å². The van der Waals surface area contributed by atoms with Gasteiger partial charge in [-0.15, -0.1) is 0 Å². The number of carboxylic acids is 1. The van der Waals surface area contributed by atoms with Gasteiger partial charge in [-0.25, -0.2) is 4.79 Å². The minimum atomic E-state index is -1.09. The lowest BCUT2D eigenvalue weighted by Crippen LogP contribution is -2.17. The molecule has 2 aliphatic rings. The van der Waals surface area contributed by atoms with Gasteiger partial charge >= 0.3 is 5.97 Å². The Labute approximate surface area is 146 Å². The maximum atomic E-state index is 11.6. The highest BCUT2D eigenvalue weighted by Gasteiger charge is 2.26. The quantitative estimate of drug-likeness (QED) is 0.629. The summed E-state index contributed by atoms with van der Waals surface area (Å²) < 4.78 is 6.20. The number of allylic oxidation sites excluding steroid dienone is 1. The fourth-order valence-electron chi connectivity index (χ4n) is 2.24. The normalized spacial score (nSPS) is 22.0. The Kier molecular flexibility index (Phi) is 4.43. The molecule has 0 aliphatic carbocycles. The van der Waals surface area contributed by atoms with Crippen LogP contribution >= 0.6 is 35.6 Å². The average Bonchev–Trinajstić information content (AvgIpc) is 3.06. The molecule has 0 bridgehead atoms. The van der Waals surface area contributed by atoms with E-state index in [1.165, 1.54) is 17.8 Å². The van der Waals surface area contributed by atoms with E-state index in [2.05, 4.69) is 5.32 Å². The monoisotopic (exact) mass is 367 g/mol. The highest BCUT2D eigenvalue weighted by atomic mass is 35.5.